The van der Waals surface area contributed by atoms with E-state index >= 15 is 0 Å². The summed E-state index contributed by atoms with van der Waals surface area (Å²) < 4.78 is 13.2. The summed E-state index contributed by atoms with van der Waals surface area (Å²) in [7, 11) is 0. The lowest BCUT2D eigenvalue weighted by molar-refractivity contribution is 0.177. The van der Waals surface area contributed by atoms with Gasteiger partial charge < -0.3 is 10.4 Å². The Morgan fingerprint density at radius 1 is 0.846 bits per heavy atom. The van der Waals surface area contributed by atoms with E-state index in [0.717, 1.165) is 17.7 Å². The van der Waals surface area contributed by atoms with E-state index in [1.807, 2.05) is 6.07 Å². The summed E-state index contributed by atoms with van der Waals surface area (Å²) in [5, 5.41) is 13.3. The molecular formula is C23H24FNO. The molecule has 0 saturated carbocycles. The average molecular weight is 349 g/mol. The molecule has 3 heteroatoms. The van der Waals surface area contributed by atoms with Crippen molar-refractivity contribution < 1.29 is 9.50 Å². The van der Waals surface area contributed by atoms with Crippen LogP contribution in [0.3, 0.4) is 0 Å². The first-order chi connectivity index (χ1) is 12.6. The Bertz CT molecular complexity index is 798. The Kier molecular flexibility index (Phi) is 6.03. The molecule has 134 valence electrons. The Morgan fingerprint density at radius 3 is 2.08 bits per heavy atom. The van der Waals surface area contributed by atoms with Gasteiger partial charge in [-0.05, 0) is 60.7 Å². The minimum absolute atomic E-state index is 0.0735. The van der Waals surface area contributed by atoms with Gasteiger partial charge in [0, 0.05) is 5.69 Å². The molecule has 0 fully saturated rings. The Labute approximate surface area is 154 Å². The first-order valence-electron chi connectivity index (χ1n) is 8.93. The first kappa shape index (κ1) is 18.2. The summed E-state index contributed by atoms with van der Waals surface area (Å²) in [6.07, 6.45) is 1.00. The van der Waals surface area contributed by atoms with Gasteiger partial charge in [0.2, 0.25) is 0 Å². The Hall–Kier alpha value is -2.65. The average Bonchev–Trinajstić information content (AvgIpc) is 2.64. The van der Waals surface area contributed by atoms with Crippen LogP contribution in [0, 0.1) is 5.82 Å². The predicted octanol–water partition coefficient (Wildman–Crippen LogP) is 5.34. The van der Waals surface area contributed by atoms with Crippen LogP contribution in [0.4, 0.5) is 10.1 Å². The predicted molar refractivity (Wildman–Crippen MR) is 105 cm³/mol. The van der Waals surface area contributed by atoms with Gasteiger partial charge in [-0.25, -0.2) is 4.39 Å². The van der Waals surface area contributed by atoms with Crippen LogP contribution >= 0.6 is 0 Å². The highest BCUT2D eigenvalue weighted by atomic mass is 19.1. The van der Waals surface area contributed by atoms with Gasteiger partial charge >= 0.3 is 0 Å². The lowest BCUT2D eigenvalue weighted by Crippen LogP contribution is -2.16. The molecule has 2 unspecified atom stereocenters. The number of aliphatic hydroxyl groups is 1. The molecule has 3 rings (SSSR count). The molecule has 0 saturated heterocycles. The number of hydrogen-bond acceptors (Lipinski definition) is 2. The number of nitrogens with one attached hydrogen (secondary N) is 1. The van der Waals surface area contributed by atoms with Crippen LogP contribution in [0.2, 0.25) is 0 Å². The molecule has 0 aliphatic heterocycles. The number of halogens is 1. The van der Waals surface area contributed by atoms with Gasteiger partial charge in [-0.2, -0.15) is 0 Å². The number of hydrogen-bond donors (Lipinski definition) is 2. The highest BCUT2D eigenvalue weighted by Gasteiger charge is 2.14. The van der Waals surface area contributed by atoms with E-state index < -0.39 is 6.10 Å². The third kappa shape index (κ3) is 5.17. The fourth-order valence-electron chi connectivity index (χ4n) is 3.07. The molecule has 0 aliphatic rings. The molecule has 0 aliphatic carbocycles. The van der Waals surface area contributed by atoms with Crippen LogP contribution in [0.25, 0.3) is 0 Å². The molecule has 0 heterocycles. The van der Waals surface area contributed by atoms with Crippen LogP contribution < -0.4 is 5.32 Å². The second-order valence-corrected chi connectivity index (χ2v) is 6.69. The van der Waals surface area contributed by atoms with E-state index in [-0.39, 0.29) is 11.9 Å². The molecule has 0 radical (unpaired) electrons. The Balaban J connectivity index is 1.71. The fraction of sp³-hybridized carbons (Fsp3) is 0.217. The number of benzene rings is 3. The maximum atomic E-state index is 13.2. The van der Waals surface area contributed by atoms with Crippen molar-refractivity contribution in [2.24, 2.45) is 0 Å². The fourth-order valence-corrected chi connectivity index (χ4v) is 3.07. The van der Waals surface area contributed by atoms with Crippen molar-refractivity contribution in [1.29, 1.82) is 0 Å². The van der Waals surface area contributed by atoms with Crippen LogP contribution in [-0.2, 0) is 6.42 Å². The molecule has 3 aromatic rings. The van der Waals surface area contributed by atoms with Gasteiger partial charge in [-0.1, -0.05) is 54.6 Å². The van der Waals surface area contributed by atoms with Crippen molar-refractivity contribution in [3.63, 3.8) is 0 Å². The largest absolute Gasteiger partial charge is 0.393 e. The summed E-state index contributed by atoms with van der Waals surface area (Å²) >= 11 is 0. The Morgan fingerprint density at radius 2 is 1.46 bits per heavy atom. The summed E-state index contributed by atoms with van der Waals surface area (Å²) in [5.41, 5.74) is 4.47. The van der Waals surface area contributed by atoms with Crippen molar-refractivity contribution in [2.75, 3.05) is 5.32 Å². The normalized spacial score (nSPS) is 13.2. The molecule has 2 atom stereocenters. The zero-order valence-corrected chi connectivity index (χ0v) is 14.9. The van der Waals surface area contributed by atoms with Crippen molar-refractivity contribution >= 4 is 5.69 Å². The number of aliphatic hydroxyl groups excluding tert-OH is 1. The molecule has 3 aromatic carbocycles. The quantitative estimate of drug-likeness (QED) is 0.603. The van der Waals surface area contributed by atoms with Crippen LogP contribution in [0.1, 0.15) is 36.1 Å². The molecule has 0 aromatic heterocycles. The van der Waals surface area contributed by atoms with Gasteiger partial charge in [0.1, 0.15) is 5.82 Å². The minimum Gasteiger partial charge on any atom is -0.393 e. The molecule has 2 nitrogen and oxygen atoms in total. The number of anilines is 1. The van der Waals surface area contributed by atoms with Gasteiger partial charge in [0.25, 0.3) is 0 Å². The summed E-state index contributed by atoms with van der Waals surface area (Å²) in [4.78, 5) is 0. The van der Waals surface area contributed by atoms with Crippen LogP contribution in [0.15, 0.2) is 78.9 Å². The van der Waals surface area contributed by atoms with Gasteiger partial charge in [-0.15, -0.1) is 0 Å². The van der Waals surface area contributed by atoms with Crippen molar-refractivity contribution in [1.82, 2.24) is 0 Å². The van der Waals surface area contributed by atoms with Gasteiger partial charge in [-0.3, -0.25) is 0 Å². The molecule has 26 heavy (non-hydrogen) atoms. The smallest absolute Gasteiger partial charge is 0.123 e. The van der Waals surface area contributed by atoms with E-state index in [4.69, 9.17) is 0 Å². The standard InChI is InChI=1S/C23H24FNO/c1-17(26)15-23(20-9-11-21(24)12-10-20)25-22-13-7-19(8-14-22)16-18-5-3-2-4-6-18/h2-14,17,23,25-26H,15-16H2,1H3. The lowest BCUT2D eigenvalue weighted by Gasteiger charge is -2.22. The van der Waals surface area contributed by atoms with Crippen molar-refractivity contribution in [3.8, 4) is 0 Å². The monoisotopic (exact) mass is 349 g/mol. The third-order valence-corrected chi connectivity index (χ3v) is 4.40. The zero-order chi connectivity index (χ0) is 18.4. The second-order valence-electron chi connectivity index (χ2n) is 6.69. The van der Waals surface area contributed by atoms with Gasteiger partial charge in [0.05, 0.1) is 12.1 Å². The first-order valence-corrected chi connectivity index (χ1v) is 8.93. The third-order valence-electron chi connectivity index (χ3n) is 4.40. The molecule has 2 N–H and O–H groups in total. The SMILES string of the molecule is CC(O)CC(Nc1ccc(Cc2ccccc2)cc1)c1ccc(F)cc1. The molecule has 0 spiro atoms. The highest BCUT2D eigenvalue weighted by molar-refractivity contribution is 5.47. The number of rotatable bonds is 7. The maximum Gasteiger partial charge on any atom is 0.123 e. The van der Waals surface area contributed by atoms with Crippen molar-refractivity contribution in [3.05, 3.63) is 101 Å². The summed E-state index contributed by atoms with van der Waals surface area (Å²) in [5.74, 6) is -0.255. The van der Waals surface area contributed by atoms with E-state index in [2.05, 4.69) is 53.8 Å². The van der Waals surface area contributed by atoms with Crippen LogP contribution in [-0.4, -0.2) is 11.2 Å². The molecular weight excluding hydrogens is 325 g/mol. The van der Waals surface area contributed by atoms with E-state index in [1.165, 1.54) is 23.3 Å². The van der Waals surface area contributed by atoms with E-state index in [0.29, 0.717) is 6.42 Å². The van der Waals surface area contributed by atoms with Crippen LogP contribution in [0.5, 0.6) is 0 Å². The topological polar surface area (TPSA) is 32.3 Å². The lowest BCUT2D eigenvalue weighted by atomic mass is 10.00. The highest BCUT2D eigenvalue weighted by Crippen LogP contribution is 2.25. The van der Waals surface area contributed by atoms with Crippen molar-refractivity contribution in [2.45, 2.75) is 31.9 Å². The molecule has 0 bridgehead atoms. The van der Waals surface area contributed by atoms with Gasteiger partial charge in [0.15, 0.2) is 0 Å². The van der Waals surface area contributed by atoms with E-state index in [1.54, 1.807) is 19.1 Å². The summed E-state index contributed by atoms with van der Waals surface area (Å²) in [6.45, 7) is 1.77. The maximum absolute atomic E-state index is 13.2. The zero-order valence-electron chi connectivity index (χ0n) is 14.9. The second kappa shape index (κ2) is 8.63. The minimum atomic E-state index is -0.449. The van der Waals surface area contributed by atoms with E-state index in [9.17, 15) is 9.50 Å². The molecule has 0 amide bonds. The summed E-state index contributed by atoms with van der Waals surface area (Å²) in [6, 6.07) is 25.1.